The van der Waals surface area contributed by atoms with Crippen LogP contribution in [0.2, 0.25) is 5.02 Å². The standard InChI is InChI=1S/C23H37ClN4O2.HI/c1-18(2)21(28-9-13-30-14-10-28)16-26-22(25-3)27-17-23(7-11-29-12-8-23)19-5-4-6-20(24)15-19;/h4-6,15,18,21H,7-14,16-17H2,1-3H3,(H2,25,26,27);1H. The zero-order chi connectivity index (χ0) is 21.4. The number of morpholine rings is 1. The van der Waals surface area contributed by atoms with Crippen molar-refractivity contribution < 1.29 is 9.47 Å². The molecule has 0 radical (unpaired) electrons. The van der Waals surface area contributed by atoms with E-state index in [4.69, 9.17) is 21.1 Å². The van der Waals surface area contributed by atoms with Crippen LogP contribution < -0.4 is 10.6 Å². The Labute approximate surface area is 209 Å². The van der Waals surface area contributed by atoms with E-state index in [2.05, 4.69) is 46.5 Å². The van der Waals surface area contributed by atoms with Crippen LogP contribution in [0.5, 0.6) is 0 Å². The van der Waals surface area contributed by atoms with Crippen LogP contribution in [-0.2, 0) is 14.9 Å². The average Bonchev–Trinajstić information content (AvgIpc) is 2.77. The van der Waals surface area contributed by atoms with Crippen molar-refractivity contribution in [3.05, 3.63) is 34.9 Å². The van der Waals surface area contributed by atoms with Crippen molar-refractivity contribution in [3.8, 4) is 0 Å². The van der Waals surface area contributed by atoms with Gasteiger partial charge in [0, 0.05) is 62.9 Å². The zero-order valence-corrected chi connectivity index (χ0v) is 22.1. The van der Waals surface area contributed by atoms with Gasteiger partial charge in [-0.3, -0.25) is 9.89 Å². The van der Waals surface area contributed by atoms with E-state index in [1.165, 1.54) is 5.56 Å². The topological polar surface area (TPSA) is 58.1 Å². The summed E-state index contributed by atoms with van der Waals surface area (Å²) < 4.78 is 11.2. The number of hydrogen-bond acceptors (Lipinski definition) is 4. The molecule has 176 valence electrons. The van der Waals surface area contributed by atoms with Crippen molar-refractivity contribution >= 4 is 41.5 Å². The second-order valence-corrected chi connectivity index (χ2v) is 9.11. The Kier molecular flexibility index (Phi) is 11.3. The van der Waals surface area contributed by atoms with Gasteiger partial charge in [0.15, 0.2) is 5.96 Å². The molecule has 0 spiro atoms. The predicted molar refractivity (Wildman–Crippen MR) is 139 cm³/mol. The third-order valence-corrected chi connectivity index (χ3v) is 6.70. The summed E-state index contributed by atoms with van der Waals surface area (Å²) >= 11 is 6.30. The normalized spacial score (nSPS) is 20.7. The number of ether oxygens (including phenoxy) is 2. The smallest absolute Gasteiger partial charge is 0.191 e. The molecule has 0 aromatic heterocycles. The number of benzene rings is 1. The number of aliphatic imine (C=N–C) groups is 1. The summed E-state index contributed by atoms with van der Waals surface area (Å²) in [6, 6.07) is 8.71. The highest BCUT2D eigenvalue weighted by Crippen LogP contribution is 2.35. The van der Waals surface area contributed by atoms with E-state index in [0.717, 1.165) is 76.4 Å². The van der Waals surface area contributed by atoms with Gasteiger partial charge >= 0.3 is 0 Å². The predicted octanol–water partition coefficient (Wildman–Crippen LogP) is 3.53. The fourth-order valence-electron chi connectivity index (χ4n) is 4.52. The highest BCUT2D eigenvalue weighted by Gasteiger charge is 2.35. The number of nitrogens with zero attached hydrogens (tertiary/aromatic N) is 2. The first-order valence-corrected chi connectivity index (χ1v) is 11.5. The number of nitrogens with one attached hydrogen (secondary N) is 2. The van der Waals surface area contributed by atoms with E-state index in [1.54, 1.807) is 0 Å². The summed E-state index contributed by atoms with van der Waals surface area (Å²) in [6.07, 6.45) is 1.94. The van der Waals surface area contributed by atoms with Crippen LogP contribution in [0.15, 0.2) is 29.3 Å². The van der Waals surface area contributed by atoms with E-state index in [0.29, 0.717) is 12.0 Å². The van der Waals surface area contributed by atoms with Crippen LogP contribution in [0.1, 0.15) is 32.3 Å². The lowest BCUT2D eigenvalue weighted by molar-refractivity contribution is 0.00750. The fraction of sp³-hybridized carbons (Fsp3) is 0.696. The van der Waals surface area contributed by atoms with Gasteiger partial charge in [-0.05, 0) is 36.5 Å². The highest BCUT2D eigenvalue weighted by atomic mass is 127. The SMILES string of the molecule is CN=C(NCC(C(C)C)N1CCOCC1)NCC1(c2cccc(Cl)c2)CCOCC1.I. The molecule has 1 atom stereocenters. The molecule has 0 bridgehead atoms. The number of guanidine groups is 1. The lowest BCUT2D eigenvalue weighted by Crippen LogP contribution is -2.54. The summed E-state index contributed by atoms with van der Waals surface area (Å²) in [5.41, 5.74) is 1.28. The van der Waals surface area contributed by atoms with Gasteiger partial charge in [0.25, 0.3) is 0 Å². The number of halogens is 2. The molecule has 0 amide bonds. The Morgan fingerprint density at radius 2 is 1.81 bits per heavy atom. The first-order chi connectivity index (χ1) is 14.5. The summed E-state index contributed by atoms with van der Waals surface area (Å²) in [5, 5.41) is 7.94. The number of rotatable bonds is 7. The summed E-state index contributed by atoms with van der Waals surface area (Å²) in [5.74, 6) is 1.41. The average molecular weight is 565 g/mol. The maximum absolute atomic E-state index is 6.30. The lowest BCUT2D eigenvalue weighted by Gasteiger charge is -2.39. The molecule has 2 N–H and O–H groups in total. The highest BCUT2D eigenvalue weighted by molar-refractivity contribution is 14.0. The molecule has 2 aliphatic heterocycles. The van der Waals surface area contributed by atoms with Crippen LogP contribution in [0.25, 0.3) is 0 Å². The molecule has 2 heterocycles. The Balaban J connectivity index is 0.00000341. The molecule has 2 fully saturated rings. The van der Waals surface area contributed by atoms with E-state index in [-0.39, 0.29) is 29.4 Å². The molecule has 2 saturated heterocycles. The van der Waals surface area contributed by atoms with Crippen LogP contribution in [0.3, 0.4) is 0 Å². The Morgan fingerprint density at radius 3 is 2.42 bits per heavy atom. The molecule has 3 rings (SSSR count). The van der Waals surface area contributed by atoms with E-state index in [9.17, 15) is 0 Å². The summed E-state index contributed by atoms with van der Waals surface area (Å²) in [7, 11) is 1.84. The zero-order valence-electron chi connectivity index (χ0n) is 19.0. The van der Waals surface area contributed by atoms with Gasteiger partial charge in [0.05, 0.1) is 13.2 Å². The van der Waals surface area contributed by atoms with E-state index < -0.39 is 0 Å². The molecule has 1 aromatic rings. The lowest BCUT2D eigenvalue weighted by atomic mass is 9.74. The minimum atomic E-state index is 0. The van der Waals surface area contributed by atoms with Gasteiger partial charge < -0.3 is 20.1 Å². The van der Waals surface area contributed by atoms with Crippen LogP contribution in [-0.4, -0.2) is 76.6 Å². The molecule has 6 nitrogen and oxygen atoms in total. The van der Waals surface area contributed by atoms with Gasteiger partial charge in [-0.25, -0.2) is 0 Å². The molecule has 31 heavy (non-hydrogen) atoms. The van der Waals surface area contributed by atoms with E-state index in [1.807, 2.05) is 19.2 Å². The molecule has 1 unspecified atom stereocenters. The second-order valence-electron chi connectivity index (χ2n) is 8.67. The van der Waals surface area contributed by atoms with Crippen molar-refractivity contribution in [3.63, 3.8) is 0 Å². The molecule has 0 aliphatic carbocycles. The summed E-state index contributed by atoms with van der Waals surface area (Å²) in [4.78, 5) is 7.01. The molecular weight excluding hydrogens is 527 g/mol. The largest absolute Gasteiger partial charge is 0.381 e. The number of hydrogen-bond donors (Lipinski definition) is 2. The van der Waals surface area contributed by atoms with Gasteiger partial charge in [-0.1, -0.05) is 37.6 Å². The summed E-state index contributed by atoms with van der Waals surface area (Å²) in [6.45, 7) is 11.4. The first kappa shape index (κ1) is 26.6. The van der Waals surface area contributed by atoms with Gasteiger partial charge in [-0.15, -0.1) is 24.0 Å². The second kappa shape index (κ2) is 13.2. The van der Waals surface area contributed by atoms with Crippen molar-refractivity contribution in [1.29, 1.82) is 0 Å². The molecule has 0 saturated carbocycles. The molecule has 1 aromatic carbocycles. The van der Waals surface area contributed by atoms with E-state index >= 15 is 0 Å². The van der Waals surface area contributed by atoms with Gasteiger partial charge in [0.2, 0.25) is 0 Å². The van der Waals surface area contributed by atoms with Crippen molar-refractivity contribution in [1.82, 2.24) is 15.5 Å². The Morgan fingerprint density at radius 1 is 1.13 bits per heavy atom. The minimum Gasteiger partial charge on any atom is -0.381 e. The van der Waals surface area contributed by atoms with Crippen molar-refractivity contribution in [2.24, 2.45) is 10.9 Å². The van der Waals surface area contributed by atoms with Crippen LogP contribution in [0.4, 0.5) is 0 Å². The molecule has 2 aliphatic rings. The monoisotopic (exact) mass is 564 g/mol. The van der Waals surface area contributed by atoms with Crippen LogP contribution >= 0.6 is 35.6 Å². The fourth-order valence-corrected chi connectivity index (χ4v) is 4.71. The van der Waals surface area contributed by atoms with Crippen molar-refractivity contribution in [2.45, 2.75) is 38.1 Å². The molecule has 8 heteroatoms. The maximum atomic E-state index is 6.30. The third kappa shape index (κ3) is 7.45. The molecular formula is C23H38ClIN4O2. The minimum absolute atomic E-state index is 0. The Hall–Kier alpha value is -0.610. The third-order valence-electron chi connectivity index (χ3n) is 6.47. The van der Waals surface area contributed by atoms with Gasteiger partial charge in [-0.2, -0.15) is 0 Å². The quantitative estimate of drug-likeness (QED) is 0.302. The Bertz CT molecular complexity index is 692. The van der Waals surface area contributed by atoms with Gasteiger partial charge in [0.1, 0.15) is 0 Å². The van der Waals surface area contributed by atoms with Crippen LogP contribution in [0, 0.1) is 5.92 Å². The first-order valence-electron chi connectivity index (χ1n) is 11.1. The maximum Gasteiger partial charge on any atom is 0.191 e. The van der Waals surface area contributed by atoms with Crippen molar-refractivity contribution in [2.75, 3.05) is 59.7 Å².